The lowest BCUT2D eigenvalue weighted by Crippen LogP contribution is -2.44. The topological polar surface area (TPSA) is 32.3 Å². The van der Waals surface area contributed by atoms with Gasteiger partial charge in [0.05, 0.1) is 6.04 Å². The Labute approximate surface area is 142 Å². The molecule has 1 aromatic carbocycles. The molecule has 1 aliphatic heterocycles. The van der Waals surface area contributed by atoms with E-state index in [0.717, 1.165) is 25.2 Å². The molecule has 2 aromatic rings. The summed E-state index contributed by atoms with van der Waals surface area (Å²) >= 11 is 1.83. The van der Waals surface area contributed by atoms with Crippen LogP contribution >= 0.6 is 11.3 Å². The Balaban J connectivity index is 1.69. The number of hydrogen-bond donors (Lipinski definition) is 1. The molecule has 0 bridgehead atoms. The number of nitrogens with zero attached hydrogens (tertiary/aromatic N) is 1. The Morgan fingerprint density at radius 3 is 2.78 bits per heavy atom. The molecule has 1 amide bonds. The first-order valence-electron chi connectivity index (χ1n) is 8.25. The number of benzene rings is 1. The second kappa shape index (κ2) is 6.85. The number of carbonyl (C=O) groups is 1. The quantitative estimate of drug-likeness (QED) is 0.909. The number of fused-ring (bicyclic) bond motifs is 1. The van der Waals surface area contributed by atoms with Crippen LogP contribution in [-0.2, 0) is 17.8 Å². The van der Waals surface area contributed by atoms with Crippen molar-refractivity contribution in [1.82, 2.24) is 4.90 Å². The van der Waals surface area contributed by atoms with Crippen LogP contribution in [0.5, 0.6) is 0 Å². The maximum absolute atomic E-state index is 12.7. The third-order valence-corrected chi connectivity index (χ3v) is 5.63. The van der Waals surface area contributed by atoms with Gasteiger partial charge in [0.2, 0.25) is 5.91 Å². The summed E-state index contributed by atoms with van der Waals surface area (Å²) < 4.78 is 0. The summed E-state index contributed by atoms with van der Waals surface area (Å²) in [4.78, 5) is 16.4. The van der Waals surface area contributed by atoms with Gasteiger partial charge in [-0.2, -0.15) is 0 Å². The second-order valence-electron chi connectivity index (χ2n) is 6.50. The largest absolute Gasteiger partial charge is 0.324 e. The van der Waals surface area contributed by atoms with E-state index in [9.17, 15) is 4.79 Å². The van der Waals surface area contributed by atoms with Crippen molar-refractivity contribution in [3.63, 3.8) is 0 Å². The zero-order valence-corrected chi connectivity index (χ0v) is 14.8. The highest BCUT2D eigenvalue weighted by Gasteiger charge is 2.26. The number of carbonyl (C=O) groups excluding carboxylic acids is 1. The van der Waals surface area contributed by atoms with Gasteiger partial charge in [-0.3, -0.25) is 9.69 Å². The summed E-state index contributed by atoms with van der Waals surface area (Å²) in [6.45, 7) is 8.13. The first kappa shape index (κ1) is 16.2. The highest BCUT2D eigenvalue weighted by molar-refractivity contribution is 7.10. The second-order valence-corrected chi connectivity index (χ2v) is 7.50. The van der Waals surface area contributed by atoms with Crippen LogP contribution in [0.1, 0.15) is 42.7 Å². The van der Waals surface area contributed by atoms with E-state index in [1.165, 1.54) is 16.0 Å². The summed E-state index contributed by atoms with van der Waals surface area (Å²) in [7, 11) is 0. The Bertz CT molecular complexity index is 692. The van der Waals surface area contributed by atoms with Gasteiger partial charge in [0.15, 0.2) is 0 Å². The average molecular weight is 328 g/mol. The molecule has 3 nitrogen and oxygen atoms in total. The van der Waals surface area contributed by atoms with E-state index < -0.39 is 0 Å². The summed E-state index contributed by atoms with van der Waals surface area (Å²) in [5.74, 6) is 0.474. The fourth-order valence-corrected chi connectivity index (χ4v) is 4.01. The molecular formula is C19H24N2OS. The molecule has 1 atom stereocenters. The van der Waals surface area contributed by atoms with Crippen molar-refractivity contribution >= 4 is 22.9 Å². The zero-order chi connectivity index (χ0) is 16.4. The minimum atomic E-state index is -0.122. The predicted octanol–water partition coefficient (Wildman–Crippen LogP) is 4.26. The van der Waals surface area contributed by atoms with E-state index in [1.54, 1.807) is 0 Å². The molecule has 0 fully saturated rings. The van der Waals surface area contributed by atoms with E-state index in [4.69, 9.17) is 0 Å². The van der Waals surface area contributed by atoms with Crippen molar-refractivity contribution in [1.29, 1.82) is 0 Å². The zero-order valence-electron chi connectivity index (χ0n) is 14.0. The highest BCUT2D eigenvalue weighted by atomic mass is 32.1. The van der Waals surface area contributed by atoms with Crippen LogP contribution in [-0.4, -0.2) is 23.4 Å². The van der Waals surface area contributed by atoms with E-state index in [0.29, 0.717) is 5.92 Å². The predicted molar refractivity (Wildman–Crippen MR) is 97.1 cm³/mol. The molecule has 122 valence electrons. The molecule has 0 saturated carbocycles. The van der Waals surface area contributed by atoms with Crippen LogP contribution in [0.4, 0.5) is 5.69 Å². The third kappa shape index (κ3) is 3.48. The van der Waals surface area contributed by atoms with Crippen LogP contribution in [0, 0.1) is 0 Å². The summed E-state index contributed by atoms with van der Waals surface area (Å²) in [5, 5.41) is 5.28. The van der Waals surface area contributed by atoms with Gasteiger partial charge < -0.3 is 5.32 Å². The molecule has 0 spiro atoms. The molecule has 1 N–H and O–H groups in total. The molecule has 0 aliphatic carbocycles. The molecule has 1 aromatic heterocycles. The van der Waals surface area contributed by atoms with Gasteiger partial charge in [-0.15, -0.1) is 11.3 Å². The summed E-state index contributed by atoms with van der Waals surface area (Å²) in [5.41, 5.74) is 3.50. The number of amides is 1. The van der Waals surface area contributed by atoms with E-state index in [-0.39, 0.29) is 11.9 Å². The van der Waals surface area contributed by atoms with Gasteiger partial charge in [-0.25, -0.2) is 0 Å². The lowest BCUT2D eigenvalue weighted by Gasteiger charge is -2.31. The molecule has 0 saturated heterocycles. The fourth-order valence-electron chi connectivity index (χ4n) is 3.12. The molecule has 0 radical (unpaired) electrons. The van der Waals surface area contributed by atoms with Crippen molar-refractivity contribution in [2.45, 2.75) is 45.7 Å². The van der Waals surface area contributed by atoms with Crippen LogP contribution in [0.3, 0.4) is 0 Å². The van der Waals surface area contributed by atoms with Crippen molar-refractivity contribution in [2.24, 2.45) is 0 Å². The minimum absolute atomic E-state index is 0.0804. The van der Waals surface area contributed by atoms with Crippen LogP contribution in [0.2, 0.25) is 0 Å². The molecule has 1 unspecified atom stereocenters. The number of nitrogens with one attached hydrogen (secondary N) is 1. The maximum atomic E-state index is 12.7. The van der Waals surface area contributed by atoms with Crippen molar-refractivity contribution in [3.05, 3.63) is 51.7 Å². The summed E-state index contributed by atoms with van der Waals surface area (Å²) in [6, 6.07) is 10.1. The van der Waals surface area contributed by atoms with Crippen molar-refractivity contribution < 1.29 is 4.79 Å². The van der Waals surface area contributed by atoms with Crippen molar-refractivity contribution in [2.75, 3.05) is 11.9 Å². The first-order chi connectivity index (χ1) is 11.1. The Hall–Kier alpha value is -1.65. The summed E-state index contributed by atoms with van der Waals surface area (Å²) in [6.07, 6.45) is 1.05. The van der Waals surface area contributed by atoms with E-state index >= 15 is 0 Å². The lowest BCUT2D eigenvalue weighted by molar-refractivity contribution is -0.121. The van der Waals surface area contributed by atoms with Crippen LogP contribution in [0.15, 0.2) is 35.7 Å². The molecule has 2 heterocycles. The molecule has 23 heavy (non-hydrogen) atoms. The SMILES string of the molecule is CC(C)c1ccccc1NC(=O)C(C)N1CCc2sccc2C1. The molecular weight excluding hydrogens is 304 g/mol. The molecule has 3 rings (SSSR count). The van der Waals surface area contributed by atoms with Crippen LogP contribution < -0.4 is 5.32 Å². The minimum Gasteiger partial charge on any atom is -0.324 e. The smallest absolute Gasteiger partial charge is 0.241 e. The number of para-hydroxylation sites is 1. The normalized spacial score (nSPS) is 16.2. The van der Waals surface area contributed by atoms with Gasteiger partial charge in [0, 0.05) is 23.7 Å². The van der Waals surface area contributed by atoms with Gasteiger partial charge in [0.1, 0.15) is 0 Å². The maximum Gasteiger partial charge on any atom is 0.241 e. The Kier molecular flexibility index (Phi) is 4.83. The lowest BCUT2D eigenvalue weighted by atomic mass is 10.0. The highest BCUT2D eigenvalue weighted by Crippen LogP contribution is 2.27. The molecule has 4 heteroatoms. The Morgan fingerprint density at radius 1 is 1.22 bits per heavy atom. The third-order valence-electron chi connectivity index (χ3n) is 4.61. The average Bonchev–Trinajstić information content (AvgIpc) is 3.01. The number of thiophene rings is 1. The van der Waals surface area contributed by atoms with Gasteiger partial charge in [-0.1, -0.05) is 32.0 Å². The van der Waals surface area contributed by atoms with Crippen LogP contribution in [0.25, 0.3) is 0 Å². The number of rotatable bonds is 4. The molecule has 1 aliphatic rings. The number of hydrogen-bond acceptors (Lipinski definition) is 3. The monoisotopic (exact) mass is 328 g/mol. The van der Waals surface area contributed by atoms with Gasteiger partial charge >= 0.3 is 0 Å². The Morgan fingerprint density at radius 2 is 2.00 bits per heavy atom. The van der Waals surface area contributed by atoms with Gasteiger partial charge in [0.25, 0.3) is 0 Å². The van der Waals surface area contributed by atoms with Crippen molar-refractivity contribution in [3.8, 4) is 0 Å². The fraction of sp³-hybridized carbons (Fsp3) is 0.421. The van der Waals surface area contributed by atoms with Gasteiger partial charge in [-0.05, 0) is 47.9 Å². The van der Waals surface area contributed by atoms with E-state index in [2.05, 4.69) is 41.6 Å². The number of anilines is 1. The van der Waals surface area contributed by atoms with E-state index in [1.807, 2.05) is 36.5 Å². The standard InChI is InChI=1S/C19H24N2OS/c1-13(2)16-6-4-5-7-17(16)20-19(22)14(3)21-10-8-18-15(12-21)9-11-23-18/h4-7,9,11,13-14H,8,10,12H2,1-3H3,(H,20,22). The first-order valence-corrected chi connectivity index (χ1v) is 9.13.